The van der Waals surface area contributed by atoms with E-state index >= 15 is 0 Å². The van der Waals surface area contributed by atoms with E-state index in [0.717, 1.165) is 0 Å². The molecule has 2 rings (SSSR count). The third-order valence-corrected chi connectivity index (χ3v) is 3.85. The summed E-state index contributed by atoms with van der Waals surface area (Å²) in [6.07, 6.45) is 0.356. The number of hydrogen-bond acceptors (Lipinski definition) is 5. The molecule has 2 aromatic rings. The molecule has 26 heavy (non-hydrogen) atoms. The number of amides is 2. The van der Waals surface area contributed by atoms with E-state index in [0.29, 0.717) is 28.4 Å². The highest BCUT2D eigenvalue weighted by atomic mass is 32.1. The topological polar surface area (TPSA) is 116 Å². The zero-order valence-corrected chi connectivity index (χ0v) is 15.5. The first-order chi connectivity index (χ1) is 12.3. The second-order valence-corrected chi connectivity index (χ2v) is 6.06. The normalized spacial score (nSPS) is 10.3. The molecule has 0 saturated carbocycles. The van der Waals surface area contributed by atoms with Crippen molar-refractivity contribution < 1.29 is 14.3 Å². The molecule has 138 valence electrons. The van der Waals surface area contributed by atoms with E-state index in [1.165, 1.54) is 14.0 Å². The monoisotopic (exact) mass is 376 g/mol. The standard InChI is InChI=1S/C17H20N4O4S/c1-9-12(16(24)21-17(26)18-9)5-7-15(23)20-13-8-11(19-10(2)22)4-6-14(13)25-3/h4,6,8H,5,7H2,1-3H3,(H,19,22)(H,20,23)(H2,18,21,24,26). The number of H-pyrrole nitrogens is 2. The number of nitrogens with one attached hydrogen (secondary N) is 4. The van der Waals surface area contributed by atoms with Gasteiger partial charge in [-0.3, -0.25) is 19.4 Å². The van der Waals surface area contributed by atoms with Gasteiger partial charge in [0.15, 0.2) is 4.77 Å². The first kappa shape index (κ1) is 19.4. The number of ether oxygens (including phenoxy) is 1. The van der Waals surface area contributed by atoms with Gasteiger partial charge in [-0.1, -0.05) is 0 Å². The largest absolute Gasteiger partial charge is 0.495 e. The highest BCUT2D eigenvalue weighted by Gasteiger charge is 2.12. The van der Waals surface area contributed by atoms with Crippen LogP contribution in [0.5, 0.6) is 5.75 Å². The van der Waals surface area contributed by atoms with Crippen LogP contribution >= 0.6 is 12.2 Å². The van der Waals surface area contributed by atoms with Crippen LogP contribution in [-0.4, -0.2) is 28.9 Å². The van der Waals surface area contributed by atoms with E-state index in [4.69, 9.17) is 17.0 Å². The Balaban J connectivity index is 2.11. The molecular weight excluding hydrogens is 356 g/mol. The van der Waals surface area contributed by atoms with E-state index in [9.17, 15) is 14.4 Å². The number of aromatic amines is 2. The van der Waals surface area contributed by atoms with Crippen molar-refractivity contribution in [2.45, 2.75) is 26.7 Å². The minimum absolute atomic E-state index is 0.0993. The van der Waals surface area contributed by atoms with E-state index in [1.807, 2.05) is 0 Å². The summed E-state index contributed by atoms with van der Waals surface area (Å²) in [5.41, 5.74) is 1.78. The average molecular weight is 376 g/mol. The second kappa shape index (κ2) is 8.43. The van der Waals surface area contributed by atoms with Crippen molar-refractivity contribution in [1.29, 1.82) is 0 Å². The summed E-state index contributed by atoms with van der Waals surface area (Å²) in [5, 5.41) is 5.38. The summed E-state index contributed by atoms with van der Waals surface area (Å²) in [5.74, 6) is -0.0432. The highest BCUT2D eigenvalue weighted by molar-refractivity contribution is 7.71. The van der Waals surface area contributed by atoms with Crippen LogP contribution in [0.3, 0.4) is 0 Å². The van der Waals surface area contributed by atoms with E-state index in [1.54, 1.807) is 25.1 Å². The summed E-state index contributed by atoms with van der Waals surface area (Å²) in [4.78, 5) is 40.8. The van der Waals surface area contributed by atoms with E-state index in [2.05, 4.69) is 20.6 Å². The van der Waals surface area contributed by atoms with E-state index in [-0.39, 0.29) is 35.0 Å². The molecule has 1 aromatic carbocycles. The van der Waals surface area contributed by atoms with Gasteiger partial charge in [-0.25, -0.2) is 0 Å². The molecule has 0 radical (unpaired) electrons. The number of carbonyl (C=O) groups excluding carboxylic acids is 2. The summed E-state index contributed by atoms with van der Waals surface area (Å²) in [6.45, 7) is 3.13. The molecule has 0 saturated heterocycles. The third kappa shape index (κ3) is 5.03. The van der Waals surface area contributed by atoms with Crippen LogP contribution in [0.15, 0.2) is 23.0 Å². The molecule has 0 atom stereocenters. The maximum absolute atomic E-state index is 12.3. The van der Waals surface area contributed by atoms with Gasteiger partial charge in [-0.05, 0) is 43.8 Å². The highest BCUT2D eigenvalue weighted by Crippen LogP contribution is 2.28. The van der Waals surface area contributed by atoms with Gasteiger partial charge < -0.3 is 20.4 Å². The lowest BCUT2D eigenvalue weighted by molar-refractivity contribution is -0.116. The Morgan fingerprint density at radius 2 is 1.96 bits per heavy atom. The fourth-order valence-corrected chi connectivity index (χ4v) is 2.71. The molecule has 0 aliphatic heterocycles. The Morgan fingerprint density at radius 1 is 1.23 bits per heavy atom. The minimum Gasteiger partial charge on any atom is -0.495 e. The third-order valence-electron chi connectivity index (χ3n) is 3.65. The molecule has 0 fully saturated rings. The summed E-state index contributed by atoms with van der Waals surface area (Å²) in [7, 11) is 1.48. The number of carbonyl (C=O) groups is 2. The van der Waals surface area contributed by atoms with Gasteiger partial charge >= 0.3 is 0 Å². The number of aryl methyl sites for hydroxylation is 1. The number of rotatable bonds is 6. The summed E-state index contributed by atoms with van der Waals surface area (Å²) >= 11 is 4.90. The van der Waals surface area contributed by atoms with Crippen molar-refractivity contribution in [1.82, 2.24) is 9.97 Å². The fraction of sp³-hybridized carbons (Fsp3) is 0.294. The van der Waals surface area contributed by atoms with E-state index < -0.39 is 0 Å². The first-order valence-electron chi connectivity index (χ1n) is 7.87. The molecule has 1 aromatic heterocycles. The molecule has 8 nitrogen and oxygen atoms in total. The summed E-state index contributed by atoms with van der Waals surface area (Å²) < 4.78 is 5.47. The molecule has 2 amide bonds. The lowest BCUT2D eigenvalue weighted by Gasteiger charge is -2.12. The maximum atomic E-state index is 12.3. The molecule has 0 spiro atoms. The Bertz CT molecular complexity index is 949. The lowest BCUT2D eigenvalue weighted by Crippen LogP contribution is -2.20. The van der Waals surface area contributed by atoms with Crippen molar-refractivity contribution >= 4 is 35.4 Å². The summed E-state index contributed by atoms with van der Waals surface area (Å²) in [6, 6.07) is 4.92. The fourth-order valence-electron chi connectivity index (χ4n) is 2.46. The Kier molecular flexibility index (Phi) is 6.29. The Labute approximate surface area is 155 Å². The molecule has 1 heterocycles. The molecule has 0 bridgehead atoms. The van der Waals surface area contributed by atoms with Crippen LogP contribution in [0.1, 0.15) is 24.6 Å². The van der Waals surface area contributed by atoms with Crippen LogP contribution < -0.4 is 20.9 Å². The van der Waals surface area contributed by atoms with Crippen molar-refractivity contribution in [3.8, 4) is 5.75 Å². The average Bonchev–Trinajstić information content (AvgIpc) is 2.53. The van der Waals surface area contributed by atoms with Gasteiger partial charge in [0.05, 0.1) is 12.8 Å². The Morgan fingerprint density at radius 3 is 2.58 bits per heavy atom. The van der Waals surface area contributed by atoms with Crippen LogP contribution in [0.4, 0.5) is 11.4 Å². The van der Waals surface area contributed by atoms with Crippen molar-refractivity contribution in [2.24, 2.45) is 0 Å². The molecule has 4 N–H and O–H groups in total. The maximum Gasteiger partial charge on any atom is 0.255 e. The van der Waals surface area contributed by atoms with Gasteiger partial charge in [-0.15, -0.1) is 0 Å². The van der Waals surface area contributed by atoms with Gasteiger partial charge in [-0.2, -0.15) is 0 Å². The SMILES string of the molecule is COc1ccc(NC(C)=O)cc1NC(=O)CCc1c(C)[nH]c(=S)[nH]c1=O. The zero-order chi connectivity index (χ0) is 19.3. The Hall–Kier alpha value is -2.94. The van der Waals surface area contributed by atoms with Crippen LogP contribution in [-0.2, 0) is 16.0 Å². The van der Waals surface area contributed by atoms with Gasteiger partial charge in [0, 0.05) is 30.3 Å². The van der Waals surface area contributed by atoms with Gasteiger partial charge in [0.25, 0.3) is 5.56 Å². The number of benzene rings is 1. The van der Waals surface area contributed by atoms with Crippen LogP contribution in [0, 0.1) is 11.7 Å². The van der Waals surface area contributed by atoms with Crippen LogP contribution in [0.2, 0.25) is 0 Å². The quantitative estimate of drug-likeness (QED) is 0.577. The van der Waals surface area contributed by atoms with Gasteiger partial charge in [0.1, 0.15) is 5.75 Å². The predicted octanol–water partition coefficient (Wildman–Crippen LogP) is 2.28. The van der Waals surface area contributed by atoms with Crippen molar-refractivity contribution in [2.75, 3.05) is 17.7 Å². The molecular formula is C17H20N4O4S. The lowest BCUT2D eigenvalue weighted by atomic mass is 10.1. The first-order valence-corrected chi connectivity index (χ1v) is 8.28. The zero-order valence-electron chi connectivity index (χ0n) is 14.7. The number of methoxy groups -OCH3 is 1. The molecule has 0 aliphatic rings. The van der Waals surface area contributed by atoms with Crippen molar-refractivity contribution in [3.63, 3.8) is 0 Å². The van der Waals surface area contributed by atoms with Gasteiger partial charge in [0.2, 0.25) is 11.8 Å². The number of anilines is 2. The molecule has 9 heteroatoms. The minimum atomic E-state index is -0.302. The second-order valence-electron chi connectivity index (χ2n) is 5.66. The van der Waals surface area contributed by atoms with Crippen molar-refractivity contribution in [3.05, 3.63) is 44.6 Å². The smallest absolute Gasteiger partial charge is 0.255 e. The predicted molar refractivity (Wildman–Crippen MR) is 101 cm³/mol. The number of aromatic nitrogens is 2. The van der Waals surface area contributed by atoms with Crippen LogP contribution in [0.25, 0.3) is 0 Å². The molecule has 0 unspecified atom stereocenters. The molecule has 0 aliphatic carbocycles. The number of hydrogen-bond donors (Lipinski definition) is 4.